The number of benzene rings is 2. The molecule has 5 rings (SSSR count). The van der Waals surface area contributed by atoms with Crippen LogP contribution in [0.2, 0.25) is 0 Å². The molecular formula is C36H45N3O6. The van der Waals surface area contributed by atoms with E-state index in [1.54, 1.807) is 46.1 Å². The quantitative estimate of drug-likeness (QED) is 0.236. The van der Waals surface area contributed by atoms with E-state index < -0.39 is 29.1 Å². The lowest BCUT2D eigenvalue weighted by atomic mass is 9.66. The number of anilines is 1. The fourth-order valence-corrected chi connectivity index (χ4v) is 7.64. The van der Waals surface area contributed by atoms with E-state index in [0.717, 1.165) is 5.56 Å². The van der Waals surface area contributed by atoms with Crippen molar-refractivity contribution in [2.75, 3.05) is 38.3 Å². The number of aliphatic hydroxyl groups is 1. The zero-order valence-corrected chi connectivity index (χ0v) is 26.4. The first-order valence-electron chi connectivity index (χ1n) is 15.9. The van der Waals surface area contributed by atoms with Gasteiger partial charge in [-0.05, 0) is 68.9 Å². The molecule has 2 aromatic rings. The molecular weight excluding hydrogens is 570 g/mol. The van der Waals surface area contributed by atoms with Gasteiger partial charge in [0.05, 0.1) is 24.5 Å². The highest BCUT2D eigenvalue weighted by molar-refractivity contribution is 6.05. The number of likely N-dealkylation sites (tertiary alicyclic amines) is 1. The second-order valence-electron chi connectivity index (χ2n) is 12.5. The van der Waals surface area contributed by atoms with Gasteiger partial charge in [-0.15, -0.1) is 13.2 Å². The molecule has 45 heavy (non-hydrogen) atoms. The van der Waals surface area contributed by atoms with E-state index in [4.69, 9.17) is 9.47 Å². The summed E-state index contributed by atoms with van der Waals surface area (Å²) in [4.78, 5) is 48.8. The maximum absolute atomic E-state index is 14.7. The number of carbonyl (C=O) groups excluding carboxylic acids is 3. The van der Waals surface area contributed by atoms with Crippen molar-refractivity contribution in [3.8, 4) is 5.75 Å². The van der Waals surface area contributed by atoms with Crippen LogP contribution < -0.4 is 9.64 Å². The van der Waals surface area contributed by atoms with Gasteiger partial charge in [0, 0.05) is 38.5 Å². The normalized spacial score (nSPS) is 26.4. The van der Waals surface area contributed by atoms with E-state index in [0.29, 0.717) is 63.2 Å². The number of aliphatic hydroxyl groups excluding tert-OH is 1. The second kappa shape index (κ2) is 13.6. The third-order valence-electron chi connectivity index (χ3n) is 9.67. The van der Waals surface area contributed by atoms with Crippen LogP contribution >= 0.6 is 0 Å². The van der Waals surface area contributed by atoms with Gasteiger partial charge in [0.2, 0.25) is 11.8 Å². The first kappa shape index (κ1) is 32.4. The van der Waals surface area contributed by atoms with Gasteiger partial charge in [0.15, 0.2) is 0 Å². The molecule has 0 saturated carbocycles. The van der Waals surface area contributed by atoms with Crippen molar-refractivity contribution < 1.29 is 29.0 Å². The van der Waals surface area contributed by atoms with Gasteiger partial charge in [-0.25, -0.2) is 0 Å². The van der Waals surface area contributed by atoms with Gasteiger partial charge in [-0.3, -0.25) is 14.4 Å². The number of methoxy groups -OCH3 is 1. The van der Waals surface area contributed by atoms with E-state index in [2.05, 4.69) is 13.2 Å². The number of carbonyl (C=O) groups is 3. The minimum Gasteiger partial charge on any atom is -0.497 e. The van der Waals surface area contributed by atoms with Gasteiger partial charge < -0.3 is 29.3 Å². The smallest absolute Gasteiger partial charge is 0.253 e. The minimum atomic E-state index is -1.14. The Morgan fingerprint density at radius 3 is 2.38 bits per heavy atom. The predicted molar refractivity (Wildman–Crippen MR) is 172 cm³/mol. The van der Waals surface area contributed by atoms with Crippen LogP contribution in [0.4, 0.5) is 5.69 Å². The average Bonchev–Trinajstić information content (AvgIpc) is 3.62. The Kier molecular flexibility index (Phi) is 9.79. The molecule has 3 aliphatic rings. The van der Waals surface area contributed by atoms with Crippen LogP contribution in [0.25, 0.3) is 0 Å². The summed E-state index contributed by atoms with van der Waals surface area (Å²) in [6, 6.07) is 16.1. The van der Waals surface area contributed by atoms with Crippen molar-refractivity contribution >= 4 is 23.4 Å². The Morgan fingerprint density at radius 2 is 1.73 bits per heavy atom. The second-order valence-corrected chi connectivity index (χ2v) is 12.5. The monoisotopic (exact) mass is 615 g/mol. The lowest BCUT2D eigenvalue weighted by Gasteiger charge is -2.37. The molecule has 9 nitrogen and oxygen atoms in total. The van der Waals surface area contributed by atoms with Crippen LogP contribution in [0, 0.1) is 11.8 Å². The molecule has 1 N–H and O–H groups in total. The van der Waals surface area contributed by atoms with Crippen molar-refractivity contribution in [1.82, 2.24) is 9.80 Å². The third kappa shape index (κ3) is 5.91. The Bertz CT molecular complexity index is 1400. The van der Waals surface area contributed by atoms with E-state index in [1.807, 2.05) is 49.4 Å². The number of unbranched alkanes of at least 4 members (excludes halogenated alkanes) is 2. The van der Waals surface area contributed by atoms with Gasteiger partial charge in [0.25, 0.3) is 5.91 Å². The van der Waals surface area contributed by atoms with Crippen molar-refractivity contribution in [2.45, 2.75) is 62.8 Å². The number of rotatable bonds is 15. The Balaban J connectivity index is 1.53. The van der Waals surface area contributed by atoms with E-state index in [9.17, 15) is 19.5 Å². The molecule has 3 heterocycles. The molecule has 0 radical (unpaired) electrons. The summed E-state index contributed by atoms with van der Waals surface area (Å²) < 4.78 is 12.2. The lowest BCUT2D eigenvalue weighted by Crippen LogP contribution is -2.56. The molecule has 3 aliphatic heterocycles. The molecule has 9 heteroatoms. The van der Waals surface area contributed by atoms with Crippen LogP contribution in [0.15, 0.2) is 79.9 Å². The molecule has 5 atom stereocenters. The minimum absolute atomic E-state index is 0.0616. The van der Waals surface area contributed by atoms with Gasteiger partial charge in [-0.1, -0.05) is 42.5 Å². The Labute approximate surface area is 266 Å². The van der Waals surface area contributed by atoms with Crippen molar-refractivity contribution in [1.29, 1.82) is 0 Å². The number of hydrogen-bond acceptors (Lipinski definition) is 6. The van der Waals surface area contributed by atoms with Crippen LogP contribution in [0.3, 0.4) is 0 Å². The summed E-state index contributed by atoms with van der Waals surface area (Å²) in [5.41, 5.74) is -0.399. The van der Waals surface area contributed by atoms with Crippen molar-refractivity contribution in [3.63, 3.8) is 0 Å². The Morgan fingerprint density at radius 1 is 1.02 bits per heavy atom. The molecule has 3 amide bonds. The highest BCUT2D eigenvalue weighted by atomic mass is 16.5. The SMILES string of the molecule is C=CCN(Cc1ccccc1)C(=O)[C@@H]1[C@H]2C(=O)N(CCCCCO)C(C(=O)N(CC=C)c3ccc(OC)cc3)C23CC[C@@]1(C)O3. The molecule has 0 aromatic heterocycles. The molecule has 1 spiro atoms. The zero-order chi connectivity index (χ0) is 32.2. The summed E-state index contributed by atoms with van der Waals surface area (Å²) in [5, 5.41) is 9.36. The third-order valence-corrected chi connectivity index (χ3v) is 9.67. The summed E-state index contributed by atoms with van der Waals surface area (Å²) in [6.07, 6.45) is 6.36. The van der Waals surface area contributed by atoms with Crippen LogP contribution in [-0.4, -0.2) is 83.2 Å². The predicted octanol–water partition coefficient (Wildman–Crippen LogP) is 4.36. The fourth-order valence-electron chi connectivity index (χ4n) is 7.64. The molecule has 2 aromatic carbocycles. The molecule has 2 unspecified atom stereocenters. The van der Waals surface area contributed by atoms with E-state index >= 15 is 0 Å². The van der Waals surface area contributed by atoms with Crippen LogP contribution in [0.5, 0.6) is 5.75 Å². The highest BCUT2D eigenvalue weighted by Crippen LogP contribution is 2.63. The van der Waals surface area contributed by atoms with Crippen LogP contribution in [0.1, 0.15) is 44.6 Å². The molecule has 240 valence electrons. The molecule has 2 bridgehead atoms. The van der Waals surface area contributed by atoms with Gasteiger partial charge in [-0.2, -0.15) is 0 Å². The van der Waals surface area contributed by atoms with Crippen molar-refractivity contribution in [2.24, 2.45) is 11.8 Å². The number of amides is 3. The average molecular weight is 616 g/mol. The van der Waals surface area contributed by atoms with Gasteiger partial charge >= 0.3 is 0 Å². The largest absolute Gasteiger partial charge is 0.497 e. The lowest BCUT2D eigenvalue weighted by molar-refractivity contribution is -0.150. The fraction of sp³-hybridized carbons (Fsp3) is 0.472. The maximum atomic E-state index is 14.7. The molecule has 3 fully saturated rings. The molecule has 0 aliphatic carbocycles. The summed E-state index contributed by atoms with van der Waals surface area (Å²) >= 11 is 0. The summed E-state index contributed by atoms with van der Waals surface area (Å²) in [5.74, 6) is -1.51. The number of ether oxygens (including phenoxy) is 2. The maximum Gasteiger partial charge on any atom is 0.253 e. The Hall–Kier alpha value is -3.95. The summed E-state index contributed by atoms with van der Waals surface area (Å²) in [6.45, 7) is 11.0. The van der Waals surface area contributed by atoms with Crippen molar-refractivity contribution in [3.05, 3.63) is 85.5 Å². The first-order valence-corrected chi connectivity index (χ1v) is 15.9. The number of hydrogen-bond donors (Lipinski definition) is 1. The number of nitrogens with zero attached hydrogens (tertiary/aromatic N) is 3. The zero-order valence-electron chi connectivity index (χ0n) is 26.4. The standard InChI is InChI=1S/C36H45N3O6/c1-5-21-37(25-26-13-9-7-10-14-26)32(41)29-30-33(42)39(23-11-8-12-24-40)31(36(30)20-19-35(29,3)45-36)34(43)38(22-6-2)27-15-17-28(44-4)18-16-27/h5-7,9-10,13-18,29-31,40H,1-2,8,11-12,19-25H2,3-4H3/t29-,30-,31?,35+,36?/m0/s1. The van der Waals surface area contributed by atoms with Crippen LogP contribution in [-0.2, 0) is 25.7 Å². The molecule has 3 saturated heterocycles. The highest BCUT2D eigenvalue weighted by Gasteiger charge is 2.78. The van der Waals surface area contributed by atoms with E-state index in [-0.39, 0.29) is 30.9 Å². The van der Waals surface area contributed by atoms with Gasteiger partial charge in [0.1, 0.15) is 17.4 Å². The number of fused-ring (bicyclic) bond motifs is 1. The topological polar surface area (TPSA) is 99.6 Å². The van der Waals surface area contributed by atoms with E-state index in [1.165, 1.54) is 0 Å². The first-order chi connectivity index (χ1) is 21.7. The summed E-state index contributed by atoms with van der Waals surface area (Å²) in [7, 11) is 1.59.